The summed E-state index contributed by atoms with van der Waals surface area (Å²) in [6.07, 6.45) is 0.793. The molecule has 1 aromatic carbocycles. The first-order valence-electron chi connectivity index (χ1n) is 7.60. The molecule has 3 rings (SSSR count). The van der Waals surface area contributed by atoms with Gasteiger partial charge in [-0.25, -0.2) is 4.68 Å². The van der Waals surface area contributed by atoms with Crippen LogP contribution in [0.15, 0.2) is 24.3 Å². The summed E-state index contributed by atoms with van der Waals surface area (Å²) in [7, 11) is 0. The highest BCUT2D eigenvalue weighted by Gasteiger charge is 2.15. The molecule has 1 N–H and O–H groups in total. The Balaban J connectivity index is 1.84. The molecule has 0 saturated heterocycles. The van der Waals surface area contributed by atoms with E-state index < -0.39 is 0 Å². The van der Waals surface area contributed by atoms with Gasteiger partial charge in [0, 0.05) is 11.1 Å². The smallest absolute Gasteiger partial charge is 0.257 e. The Labute approximate surface area is 142 Å². The molecule has 2 heterocycles. The zero-order chi connectivity index (χ0) is 17.1. The van der Waals surface area contributed by atoms with Gasteiger partial charge in [-0.2, -0.15) is 0 Å². The summed E-state index contributed by atoms with van der Waals surface area (Å²) in [4.78, 5) is 12.4. The van der Waals surface area contributed by atoms with Crippen LogP contribution in [0.5, 0.6) is 0 Å². The highest BCUT2D eigenvalue weighted by molar-refractivity contribution is 7.15. The molecule has 0 bridgehead atoms. The van der Waals surface area contributed by atoms with Crippen molar-refractivity contribution in [1.82, 2.24) is 30.4 Å². The fourth-order valence-electron chi connectivity index (χ4n) is 2.15. The molecule has 124 valence electrons. The van der Waals surface area contributed by atoms with Gasteiger partial charge in [-0.3, -0.25) is 10.1 Å². The maximum atomic E-state index is 12.4. The van der Waals surface area contributed by atoms with Gasteiger partial charge in [0.05, 0.1) is 6.04 Å². The van der Waals surface area contributed by atoms with E-state index in [-0.39, 0.29) is 11.9 Å². The molecule has 2 aromatic heterocycles. The number of tetrazole rings is 1. The standard InChI is InChI=1S/C15H17N7OS/c1-4-12-17-19-15(24-12)16-14(23)11-7-5-6-10(8-11)13-18-20-21-22(13)9(2)3/h5-9H,4H2,1-3H3,(H,16,19,23). The summed E-state index contributed by atoms with van der Waals surface area (Å²) in [6.45, 7) is 5.99. The van der Waals surface area contributed by atoms with Gasteiger partial charge in [0.2, 0.25) is 5.13 Å². The molecule has 0 aliphatic carbocycles. The molecule has 0 fully saturated rings. The van der Waals surface area contributed by atoms with E-state index in [1.807, 2.05) is 26.8 Å². The van der Waals surface area contributed by atoms with Crippen molar-refractivity contribution < 1.29 is 4.79 Å². The highest BCUT2D eigenvalue weighted by Crippen LogP contribution is 2.21. The molecule has 0 spiro atoms. The summed E-state index contributed by atoms with van der Waals surface area (Å²) >= 11 is 1.37. The van der Waals surface area contributed by atoms with E-state index in [0.29, 0.717) is 16.5 Å². The first-order valence-corrected chi connectivity index (χ1v) is 8.42. The van der Waals surface area contributed by atoms with Crippen LogP contribution >= 0.6 is 11.3 Å². The van der Waals surface area contributed by atoms with E-state index in [2.05, 4.69) is 31.0 Å². The average molecular weight is 343 g/mol. The summed E-state index contributed by atoms with van der Waals surface area (Å²) in [5.41, 5.74) is 1.30. The molecule has 1 amide bonds. The van der Waals surface area contributed by atoms with E-state index in [1.165, 1.54) is 11.3 Å². The number of nitrogens with one attached hydrogen (secondary N) is 1. The third-order valence-electron chi connectivity index (χ3n) is 3.35. The number of aromatic nitrogens is 6. The van der Waals surface area contributed by atoms with Crippen LogP contribution < -0.4 is 5.32 Å². The molecule has 9 heteroatoms. The molecule has 0 unspecified atom stereocenters. The van der Waals surface area contributed by atoms with Crippen molar-refractivity contribution in [2.24, 2.45) is 0 Å². The van der Waals surface area contributed by atoms with E-state index in [4.69, 9.17) is 0 Å². The third-order valence-corrected chi connectivity index (χ3v) is 4.34. The first kappa shape index (κ1) is 16.2. The van der Waals surface area contributed by atoms with Crippen LogP contribution in [0.25, 0.3) is 11.4 Å². The van der Waals surface area contributed by atoms with Gasteiger partial charge in [-0.1, -0.05) is 30.4 Å². The minimum atomic E-state index is -0.237. The Bertz CT molecular complexity index is 855. The number of benzene rings is 1. The second-order valence-corrected chi connectivity index (χ2v) is 6.49. The van der Waals surface area contributed by atoms with Crippen LogP contribution in [-0.2, 0) is 6.42 Å². The molecule has 0 aliphatic heterocycles. The number of aryl methyl sites for hydroxylation is 1. The summed E-state index contributed by atoms with van der Waals surface area (Å²) in [5, 5.41) is 23.9. The average Bonchev–Trinajstić information content (AvgIpc) is 3.24. The van der Waals surface area contributed by atoms with Crippen molar-refractivity contribution in [3.8, 4) is 11.4 Å². The Morgan fingerprint density at radius 2 is 2.12 bits per heavy atom. The lowest BCUT2D eigenvalue weighted by atomic mass is 10.1. The van der Waals surface area contributed by atoms with Gasteiger partial charge < -0.3 is 0 Å². The number of rotatable bonds is 5. The Hall–Kier alpha value is -2.68. The largest absolute Gasteiger partial charge is 0.296 e. The highest BCUT2D eigenvalue weighted by atomic mass is 32.1. The molecule has 0 saturated carbocycles. The lowest BCUT2D eigenvalue weighted by Gasteiger charge is -2.08. The fourth-order valence-corrected chi connectivity index (χ4v) is 2.82. The van der Waals surface area contributed by atoms with Crippen LogP contribution in [0, 0.1) is 0 Å². The Kier molecular flexibility index (Phi) is 4.61. The van der Waals surface area contributed by atoms with Crippen molar-refractivity contribution in [2.75, 3.05) is 5.32 Å². The minimum absolute atomic E-state index is 0.126. The van der Waals surface area contributed by atoms with E-state index >= 15 is 0 Å². The predicted octanol–water partition coefficient (Wildman–Crippen LogP) is 2.59. The van der Waals surface area contributed by atoms with Crippen LogP contribution in [0.3, 0.4) is 0 Å². The number of nitrogens with zero attached hydrogens (tertiary/aromatic N) is 6. The zero-order valence-corrected chi connectivity index (χ0v) is 14.4. The van der Waals surface area contributed by atoms with Crippen molar-refractivity contribution in [2.45, 2.75) is 33.2 Å². The van der Waals surface area contributed by atoms with Gasteiger partial charge >= 0.3 is 0 Å². The molecule has 8 nitrogen and oxygen atoms in total. The number of carbonyl (C=O) groups excluding carboxylic acids is 1. The monoisotopic (exact) mass is 343 g/mol. The molecule has 24 heavy (non-hydrogen) atoms. The Morgan fingerprint density at radius 3 is 2.83 bits per heavy atom. The number of hydrogen-bond acceptors (Lipinski definition) is 7. The van der Waals surface area contributed by atoms with Crippen molar-refractivity contribution in [3.05, 3.63) is 34.8 Å². The van der Waals surface area contributed by atoms with Crippen LogP contribution in [0.4, 0.5) is 5.13 Å². The first-order chi connectivity index (χ1) is 11.6. The molecule has 0 atom stereocenters. The van der Waals surface area contributed by atoms with Gasteiger partial charge in [0.15, 0.2) is 5.82 Å². The minimum Gasteiger partial charge on any atom is -0.296 e. The van der Waals surface area contributed by atoms with Crippen molar-refractivity contribution in [1.29, 1.82) is 0 Å². The van der Waals surface area contributed by atoms with Crippen molar-refractivity contribution >= 4 is 22.4 Å². The van der Waals surface area contributed by atoms with Crippen LogP contribution in [0.2, 0.25) is 0 Å². The predicted molar refractivity (Wildman–Crippen MR) is 90.9 cm³/mol. The lowest BCUT2D eigenvalue weighted by Crippen LogP contribution is -2.12. The fraction of sp³-hybridized carbons (Fsp3) is 0.333. The maximum absolute atomic E-state index is 12.4. The van der Waals surface area contributed by atoms with E-state index in [1.54, 1.807) is 22.9 Å². The number of amides is 1. The second-order valence-electron chi connectivity index (χ2n) is 5.43. The normalized spacial score (nSPS) is 11.0. The molecular formula is C15H17N7OS. The third kappa shape index (κ3) is 3.30. The van der Waals surface area contributed by atoms with Gasteiger partial charge in [0.25, 0.3) is 5.91 Å². The van der Waals surface area contributed by atoms with E-state index in [0.717, 1.165) is 17.0 Å². The maximum Gasteiger partial charge on any atom is 0.257 e. The quantitative estimate of drug-likeness (QED) is 0.764. The lowest BCUT2D eigenvalue weighted by molar-refractivity contribution is 0.102. The van der Waals surface area contributed by atoms with Gasteiger partial charge in [-0.15, -0.1) is 15.3 Å². The van der Waals surface area contributed by atoms with Crippen LogP contribution in [0.1, 0.15) is 42.2 Å². The summed E-state index contributed by atoms with van der Waals surface area (Å²) < 4.78 is 1.72. The Morgan fingerprint density at radius 1 is 1.29 bits per heavy atom. The van der Waals surface area contributed by atoms with Crippen LogP contribution in [-0.4, -0.2) is 36.3 Å². The zero-order valence-electron chi connectivity index (χ0n) is 13.6. The number of anilines is 1. The van der Waals surface area contributed by atoms with Gasteiger partial charge in [0.1, 0.15) is 5.01 Å². The summed E-state index contributed by atoms with van der Waals surface area (Å²) in [5.74, 6) is 0.392. The SMILES string of the molecule is CCc1nnc(NC(=O)c2cccc(-c3nnnn3C(C)C)c2)s1. The molecule has 3 aromatic rings. The summed E-state index contributed by atoms with van der Waals surface area (Å²) in [6, 6.07) is 7.32. The topological polar surface area (TPSA) is 98.5 Å². The molecular weight excluding hydrogens is 326 g/mol. The van der Waals surface area contributed by atoms with E-state index in [9.17, 15) is 4.79 Å². The number of carbonyl (C=O) groups is 1. The number of hydrogen-bond donors (Lipinski definition) is 1. The molecule has 0 aliphatic rings. The van der Waals surface area contributed by atoms with Crippen molar-refractivity contribution in [3.63, 3.8) is 0 Å². The molecule has 0 radical (unpaired) electrons. The van der Waals surface area contributed by atoms with Gasteiger partial charge in [-0.05, 0) is 42.8 Å². The second kappa shape index (κ2) is 6.83.